The van der Waals surface area contributed by atoms with E-state index in [4.69, 9.17) is 11.5 Å². The topological polar surface area (TPSA) is 52.0 Å². The number of halogens is 2. The van der Waals surface area contributed by atoms with Gasteiger partial charge >= 0.3 is 0 Å². The fourth-order valence-electron chi connectivity index (χ4n) is 1.62. The van der Waals surface area contributed by atoms with Gasteiger partial charge in [-0.15, -0.1) is 0 Å². The van der Waals surface area contributed by atoms with Gasteiger partial charge in [-0.2, -0.15) is 0 Å². The van der Waals surface area contributed by atoms with Gasteiger partial charge < -0.3 is 11.5 Å². The van der Waals surface area contributed by atoms with Crippen LogP contribution in [0.4, 0.5) is 4.39 Å². The zero-order chi connectivity index (χ0) is 11.4. The average molecular weight is 275 g/mol. The molecule has 2 nitrogen and oxygen atoms in total. The first-order valence-electron chi connectivity index (χ1n) is 4.95. The Morgan fingerprint density at radius 1 is 1.33 bits per heavy atom. The van der Waals surface area contributed by atoms with Gasteiger partial charge in [-0.25, -0.2) is 4.39 Å². The quantitative estimate of drug-likeness (QED) is 0.885. The summed E-state index contributed by atoms with van der Waals surface area (Å²) in [5, 5.41) is 0. The van der Waals surface area contributed by atoms with Crippen LogP contribution in [0.1, 0.15) is 18.4 Å². The van der Waals surface area contributed by atoms with Crippen molar-refractivity contribution < 1.29 is 4.39 Å². The van der Waals surface area contributed by atoms with Crippen LogP contribution in [0, 0.1) is 11.7 Å². The number of hydrogen-bond donors (Lipinski definition) is 2. The van der Waals surface area contributed by atoms with E-state index in [0.717, 1.165) is 4.47 Å². The molecule has 0 saturated carbocycles. The van der Waals surface area contributed by atoms with E-state index in [1.165, 1.54) is 6.07 Å². The first-order valence-corrected chi connectivity index (χ1v) is 5.74. The predicted molar refractivity (Wildman–Crippen MR) is 64.1 cm³/mol. The smallest absolute Gasteiger partial charge is 0.126 e. The summed E-state index contributed by atoms with van der Waals surface area (Å²) in [6.07, 6.45) is 0. The number of benzene rings is 1. The summed E-state index contributed by atoms with van der Waals surface area (Å²) in [7, 11) is 0. The molecule has 1 aromatic carbocycles. The maximum Gasteiger partial charge on any atom is 0.126 e. The first kappa shape index (κ1) is 12.6. The van der Waals surface area contributed by atoms with Gasteiger partial charge in [0, 0.05) is 4.47 Å². The maximum atomic E-state index is 13.6. The van der Waals surface area contributed by atoms with Crippen LogP contribution in [0.25, 0.3) is 0 Å². The van der Waals surface area contributed by atoms with Crippen molar-refractivity contribution in [1.82, 2.24) is 0 Å². The monoisotopic (exact) mass is 274 g/mol. The Labute approximate surface area is 98.0 Å². The summed E-state index contributed by atoms with van der Waals surface area (Å²) in [6.45, 7) is 2.91. The number of nitrogens with two attached hydrogens (primary N) is 2. The van der Waals surface area contributed by atoms with Crippen LogP contribution >= 0.6 is 15.9 Å². The number of hydrogen-bond acceptors (Lipinski definition) is 2. The van der Waals surface area contributed by atoms with Crippen LogP contribution in [-0.2, 0) is 0 Å². The Morgan fingerprint density at radius 2 is 1.93 bits per heavy atom. The van der Waals surface area contributed by atoms with E-state index in [-0.39, 0.29) is 17.7 Å². The van der Waals surface area contributed by atoms with Crippen molar-refractivity contribution >= 4 is 15.9 Å². The van der Waals surface area contributed by atoms with Crippen molar-refractivity contribution in [2.24, 2.45) is 17.4 Å². The minimum Gasteiger partial charge on any atom is -0.330 e. The van der Waals surface area contributed by atoms with E-state index >= 15 is 0 Å². The molecule has 1 unspecified atom stereocenters. The second-order valence-corrected chi connectivity index (χ2v) is 4.60. The van der Waals surface area contributed by atoms with Gasteiger partial charge in [0.05, 0.1) is 0 Å². The zero-order valence-corrected chi connectivity index (χ0v) is 10.3. The lowest BCUT2D eigenvalue weighted by atomic mass is 9.87. The van der Waals surface area contributed by atoms with Crippen molar-refractivity contribution in [1.29, 1.82) is 0 Å². The molecule has 4 N–H and O–H groups in total. The summed E-state index contributed by atoms with van der Waals surface area (Å²) >= 11 is 3.33. The SMILES string of the molecule is CC(c1cc(Br)ccc1F)C(CN)CN. The molecule has 1 atom stereocenters. The molecule has 0 bridgehead atoms. The van der Waals surface area contributed by atoms with Gasteiger partial charge in [0.1, 0.15) is 5.82 Å². The third-order valence-corrected chi connectivity index (χ3v) is 3.25. The van der Waals surface area contributed by atoms with Crippen molar-refractivity contribution in [3.8, 4) is 0 Å². The van der Waals surface area contributed by atoms with Crippen LogP contribution in [0.5, 0.6) is 0 Å². The molecule has 15 heavy (non-hydrogen) atoms. The molecule has 0 aliphatic carbocycles. The van der Waals surface area contributed by atoms with Gasteiger partial charge in [-0.1, -0.05) is 22.9 Å². The summed E-state index contributed by atoms with van der Waals surface area (Å²) in [6, 6.07) is 4.93. The minimum absolute atomic E-state index is 0.0394. The standard InChI is InChI=1S/C11H16BrFN2/c1-7(8(5-14)6-15)10-4-9(12)2-3-11(10)13/h2-4,7-8H,5-6,14-15H2,1H3. The Hall–Kier alpha value is -0.450. The molecular formula is C11H16BrFN2. The highest BCUT2D eigenvalue weighted by Crippen LogP contribution is 2.27. The first-order chi connectivity index (χ1) is 7.10. The molecule has 0 spiro atoms. The Balaban J connectivity index is 2.98. The van der Waals surface area contributed by atoms with Crippen molar-refractivity contribution in [2.45, 2.75) is 12.8 Å². The molecule has 0 aliphatic rings. The molecule has 84 valence electrons. The van der Waals surface area contributed by atoms with E-state index in [0.29, 0.717) is 18.7 Å². The maximum absolute atomic E-state index is 13.6. The van der Waals surface area contributed by atoms with E-state index in [1.54, 1.807) is 12.1 Å². The normalized spacial score (nSPS) is 13.2. The van der Waals surface area contributed by atoms with Crippen LogP contribution in [0.3, 0.4) is 0 Å². The van der Waals surface area contributed by atoms with Crippen molar-refractivity contribution in [3.63, 3.8) is 0 Å². The lowest BCUT2D eigenvalue weighted by Gasteiger charge is -2.21. The summed E-state index contributed by atoms with van der Waals surface area (Å²) in [5.41, 5.74) is 11.9. The van der Waals surface area contributed by atoms with Crippen LogP contribution in [0.2, 0.25) is 0 Å². The highest BCUT2D eigenvalue weighted by atomic mass is 79.9. The molecule has 4 heteroatoms. The van der Waals surface area contributed by atoms with Gasteiger partial charge in [0.15, 0.2) is 0 Å². The zero-order valence-electron chi connectivity index (χ0n) is 8.71. The van der Waals surface area contributed by atoms with Gasteiger partial charge in [0.2, 0.25) is 0 Å². The largest absolute Gasteiger partial charge is 0.330 e. The molecule has 0 heterocycles. The third kappa shape index (κ3) is 3.00. The second-order valence-electron chi connectivity index (χ2n) is 3.69. The molecule has 0 aliphatic heterocycles. The Kier molecular flexibility index (Phi) is 4.70. The fraction of sp³-hybridized carbons (Fsp3) is 0.455. The van der Waals surface area contributed by atoms with Crippen molar-refractivity contribution in [3.05, 3.63) is 34.1 Å². The number of rotatable bonds is 4. The molecular weight excluding hydrogens is 259 g/mol. The molecule has 0 fully saturated rings. The lowest BCUT2D eigenvalue weighted by molar-refractivity contribution is 0.449. The van der Waals surface area contributed by atoms with E-state index in [1.807, 2.05) is 6.92 Å². The summed E-state index contributed by atoms with van der Waals surface area (Å²) in [5.74, 6) is -0.0381. The second kappa shape index (κ2) is 5.58. The molecule has 0 amide bonds. The lowest BCUT2D eigenvalue weighted by Crippen LogP contribution is -2.28. The average Bonchev–Trinajstić information content (AvgIpc) is 2.23. The van der Waals surface area contributed by atoms with Gasteiger partial charge in [-0.3, -0.25) is 0 Å². The van der Waals surface area contributed by atoms with Gasteiger partial charge in [0.25, 0.3) is 0 Å². The highest BCUT2D eigenvalue weighted by Gasteiger charge is 2.19. The third-order valence-electron chi connectivity index (χ3n) is 2.76. The minimum atomic E-state index is -0.197. The highest BCUT2D eigenvalue weighted by molar-refractivity contribution is 9.10. The summed E-state index contributed by atoms with van der Waals surface area (Å²) in [4.78, 5) is 0. The van der Waals surface area contributed by atoms with Gasteiger partial charge in [-0.05, 0) is 48.7 Å². The van der Waals surface area contributed by atoms with E-state index < -0.39 is 0 Å². The Morgan fingerprint density at radius 3 is 2.47 bits per heavy atom. The molecule has 1 rings (SSSR count). The molecule has 1 aromatic rings. The van der Waals surface area contributed by atoms with E-state index in [9.17, 15) is 4.39 Å². The molecule has 0 aromatic heterocycles. The fourth-order valence-corrected chi connectivity index (χ4v) is 2.00. The van der Waals surface area contributed by atoms with Crippen LogP contribution in [-0.4, -0.2) is 13.1 Å². The van der Waals surface area contributed by atoms with Crippen molar-refractivity contribution in [2.75, 3.05) is 13.1 Å². The van der Waals surface area contributed by atoms with Crippen LogP contribution in [0.15, 0.2) is 22.7 Å². The summed E-state index contributed by atoms with van der Waals surface area (Å²) < 4.78 is 14.4. The Bertz CT molecular complexity index is 326. The van der Waals surface area contributed by atoms with E-state index in [2.05, 4.69) is 15.9 Å². The molecule has 0 radical (unpaired) electrons. The molecule has 0 saturated heterocycles. The van der Waals surface area contributed by atoms with Crippen LogP contribution < -0.4 is 11.5 Å². The predicted octanol–water partition coefficient (Wildman–Crippen LogP) is 2.23.